The van der Waals surface area contributed by atoms with E-state index in [-0.39, 0.29) is 0 Å². The van der Waals surface area contributed by atoms with E-state index in [1.807, 2.05) is 20.8 Å². The Hall–Kier alpha value is -0.160. The van der Waals surface area contributed by atoms with Crippen molar-refractivity contribution in [1.29, 1.82) is 0 Å². The third kappa shape index (κ3) is 5.25. The Kier molecular flexibility index (Phi) is 7.93. The first-order valence-electron chi connectivity index (χ1n) is 6.15. The minimum Gasteiger partial charge on any atom is -0.390 e. The van der Waals surface area contributed by atoms with E-state index < -0.39 is 18.0 Å². The fourth-order valence-electron chi connectivity index (χ4n) is 1.47. The third-order valence-corrected chi connectivity index (χ3v) is 2.40. The molecule has 3 unspecified atom stereocenters. The van der Waals surface area contributed by atoms with Crippen molar-refractivity contribution in [1.82, 2.24) is 0 Å². The van der Waals surface area contributed by atoms with Crippen LogP contribution < -0.4 is 0 Å². The van der Waals surface area contributed by atoms with E-state index in [9.17, 15) is 10.2 Å². The predicted molar refractivity (Wildman–Crippen MR) is 63.2 cm³/mol. The van der Waals surface area contributed by atoms with Gasteiger partial charge in [0.2, 0.25) is 0 Å². The highest BCUT2D eigenvalue weighted by Crippen LogP contribution is 2.21. The summed E-state index contributed by atoms with van der Waals surface area (Å²) in [6.07, 6.45) is 0.790. The number of aliphatic hydroxyl groups excluding tert-OH is 1. The molecule has 0 radical (unpaired) electrons. The second-order valence-corrected chi connectivity index (χ2v) is 4.17. The second kappa shape index (κ2) is 8.01. The first kappa shape index (κ1) is 15.8. The molecule has 2 N–H and O–H groups in total. The second-order valence-electron chi connectivity index (χ2n) is 4.17. The molecule has 0 rings (SSSR count). The average Bonchev–Trinajstić information content (AvgIpc) is 2.26. The molecule has 0 aromatic carbocycles. The molecule has 0 aliphatic carbocycles. The lowest BCUT2D eigenvalue weighted by Gasteiger charge is -2.35. The van der Waals surface area contributed by atoms with Gasteiger partial charge in [-0.05, 0) is 26.2 Å². The van der Waals surface area contributed by atoms with E-state index >= 15 is 0 Å². The van der Waals surface area contributed by atoms with Crippen molar-refractivity contribution in [2.75, 3.05) is 13.2 Å². The van der Waals surface area contributed by atoms with Gasteiger partial charge in [-0.3, -0.25) is 0 Å². The van der Waals surface area contributed by atoms with Crippen LogP contribution in [0.15, 0.2) is 0 Å². The largest absolute Gasteiger partial charge is 0.390 e. The molecular weight excluding hydrogens is 208 g/mol. The van der Waals surface area contributed by atoms with Crippen LogP contribution in [0, 0.1) is 0 Å². The summed E-state index contributed by atoms with van der Waals surface area (Å²) in [4.78, 5) is 0. The van der Waals surface area contributed by atoms with Gasteiger partial charge in [0.15, 0.2) is 5.79 Å². The Labute approximate surface area is 98.6 Å². The topological polar surface area (TPSA) is 58.9 Å². The molecule has 4 heteroatoms. The lowest BCUT2D eigenvalue weighted by molar-refractivity contribution is -0.275. The Morgan fingerprint density at radius 1 is 1.12 bits per heavy atom. The molecule has 0 aliphatic rings. The number of rotatable bonds is 9. The van der Waals surface area contributed by atoms with Crippen LogP contribution >= 0.6 is 0 Å². The fourth-order valence-corrected chi connectivity index (χ4v) is 1.47. The van der Waals surface area contributed by atoms with Gasteiger partial charge in [-0.15, -0.1) is 0 Å². The highest BCUT2D eigenvalue weighted by atomic mass is 16.7. The van der Waals surface area contributed by atoms with Gasteiger partial charge in [-0.2, -0.15) is 0 Å². The maximum atomic E-state index is 10.1. The number of aliphatic hydroxyl groups is 2. The van der Waals surface area contributed by atoms with Gasteiger partial charge in [0.25, 0.3) is 0 Å². The average molecular weight is 234 g/mol. The Morgan fingerprint density at radius 2 is 1.69 bits per heavy atom. The summed E-state index contributed by atoms with van der Waals surface area (Å²) < 4.78 is 10.8. The monoisotopic (exact) mass is 234 g/mol. The Bertz CT molecular complexity index is 170. The molecule has 16 heavy (non-hydrogen) atoms. The van der Waals surface area contributed by atoms with E-state index in [0.717, 1.165) is 12.8 Å². The van der Waals surface area contributed by atoms with Crippen LogP contribution in [0.2, 0.25) is 0 Å². The van der Waals surface area contributed by atoms with Crippen LogP contribution in [0.5, 0.6) is 0 Å². The summed E-state index contributed by atoms with van der Waals surface area (Å²) in [6, 6.07) is 0. The summed E-state index contributed by atoms with van der Waals surface area (Å²) in [7, 11) is 0. The Morgan fingerprint density at radius 3 is 2.12 bits per heavy atom. The van der Waals surface area contributed by atoms with Crippen molar-refractivity contribution in [2.24, 2.45) is 0 Å². The molecule has 0 saturated carbocycles. The smallest absolute Gasteiger partial charge is 0.191 e. The maximum absolute atomic E-state index is 10.1. The normalized spacial score (nSPS) is 19.1. The summed E-state index contributed by atoms with van der Waals surface area (Å²) in [5.74, 6) is -1.43. The van der Waals surface area contributed by atoms with Crippen molar-refractivity contribution in [3.63, 3.8) is 0 Å². The van der Waals surface area contributed by atoms with E-state index in [0.29, 0.717) is 19.6 Å². The van der Waals surface area contributed by atoms with Crippen LogP contribution in [0.4, 0.5) is 0 Å². The molecule has 0 amide bonds. The van der Waals surface area contributed by atoms with Crippen molar-refractivity contribution in [2.45, 2.75) is 65.0 Å². The summed E-state index contributed by atoms with van der Waals surface area (Å²) in [5.41, 5.74) is 0. The molecule has 0 bridgehead atoms. The number of hydrogen-bond donors (Lipinski definition) is 2. The van der Waals surface area contributed by atoms with E-state index in [1.54, 1.807) is 6.92 Å². The minimum absolute atomic E-state index is 0.454. The molecule has 0 fully saturated rings. The molecule has 0 saturated heterocycles. The van der Waals surface area contributed by atoms with Crippen LogP contribution in [-0.4, -0.2) is 41.4 Å². The van der Waals surface area contributed by atoms with Crippen molar-refractivity contribution in [3.8, 4) is 0 Å². The molecule has 0 aliphatic heterocycles. The molecule has 0 aromatic heterocycles. The quantitative estimate of drug-likeness (QED) is 0.596. The molecule has 4 nitrogen and oxygen atoms in total. The number of hydrogen-bond acceptors (Lipinski definition) is 4. The van der Waals surface area contributed by atoms with Crippen LogP contribution in [0.3, 0.4) is 0 Å². The van der Waals surface area contributed by atoms with Crippen molar-refractivity contribution < 1.29 is 19.7 Å². The molecular formula is C12H26O4. The maximum Gasteiger partial charge on any atom is 0.191 e. The van der Waals surface area contributed by atoms with Gasteiger partial charge in [0, 0.05) is 13.2 Å². The van der Waals surface area contributed by atoms with Gasteiger partial charge in [-0.25, -0.2) is 0 Å². The highest BCUT2D eigenvalue weighted by molar-refractivity contribution is 4.80. The van der Waals surface area contributed by atoms with Crippen LogP contribution in [-0.2, 0) is 9.47 Å². The van der Waals surface area contributed by atoms with Gasteiger partial charge in [0.1, 0.15) is 6.10 Å². The first-order valence-corrected chi connectivity index (χ1v) is 6.15. The molecule has 3 atom stereocenters. The van der Waals surface area contributed by atoms with Gasteiger partial charge >= 0.3 is 0 Å². The predicted octanol–water partition coefficient (Wildman–Crippen LogP) is 1.69. The van der Waals surface area contributed by atoms with E-state index in [2.05, 4.69) is 0 Å². The minimum atomic E-state index is -1.43. The standard InChI is InChI=1S/C12H26O4/c1-5-8-15-11(10(13)7-3)12(4,14)16-9-6-2/h10-11,13-14H,5-9H2,1-4H3. The summed E-state index contributed by atoms with van der Waals surface area (Å²) in [6.45, 7) is 8.30. The zero-order valence-electron chi connectivity index (χ0n) is 10.9. The van der Waals surface area contributed by atoms with Gasteiger partial charge in [-0.1, -0.05) is 20.8 Å². The van der Waals surface area contributed by atoms with Gasteiger partial charge in [0.05, 0.1) is 6.10 Å². The molecule has 0 heterocycles. The number of ether oxygens (including phenoxy) is 2. The Balaban J connectivity index is 4.44. The lowest BCUT2D eigenvalue weighted by Crippen LogP contribution is -2.50. The first-order chi connectivity index (χ1) is 7.49. The zero-order chi connectivity index (χ0) is 12.6. The lowest BCUT2D eigenvalue weighted by atomic mass is 10.0. The van der Waals surface area contributed by atoms with Crippen molar-refractivity contribution >= 4 is 0 Å². The fraction of sp³-hybridized carbons (Fsp3) is 1.00. The van der Waals surface area contributed by atoms with Crippen LogP contribution in [0.1, 0.15) is 47.0 Å². The third-order valence-electron chi connectivity index (χ3n) is 2.40. The summed E-state index contributed by atoms with van der Waals surface area (Å²) in [5, 5.41) is 19.9. The van der Waals surface area contributed by atoms with E-state index in [4.69, 9.17) is 9.47 Å². The SMILES string of the molecule is CCCOC(C(O)CC)C(C)(O)OCCC. The van der Waals surface area contributed by atoms with Crippen molar-refractivity contribution in [3.05, 3.63) is 0 Å². The molecule has 0 aromatic rings. The zero-order valence-corrected chi connectivity index (χ0v) is 10.9. The molecule has 0 spiro atoms. The highest BCUT2D eigenvalue weighted by Gasteiger charge is 2.38. The van der Waals surface area contributed by atoms with E-state index in [1.165, 1.54) is 0 Å². The van der Waals surface area contributed by atoms with Gasteiger partial charge < -0.3 is 19.7 Å². The summed E-state index contributed by atoms with van der Waals surface area (Å²) >= 11 is 0. The molecule has 98 valence electrons. The van der Waals surface area contributed by atoms with Crippen LogP contribution in [0.25, 0.3) is 0 Å².